The second-order valence-corrected chi connectivity index (χ2v) is 7.78. The predicted octanol–water partition coefficient (Wildman–Crippen LogP) is 3.16. The van der Waals surface area contributed by atoms with Crippen molar-refractivity contribution in [3.8, 4) is 22.1 Å². The molecule has 0 unspecified atom stereocenters. The number of ether oxygens (including phenoxy) is 2. The molecule has 154 valence electrons. The molecule has 1 aliphatic rings. The van der Waals surface area contributed by atoms with Crippen LogP contribution in [0.5, 0.6) is 11.5 Å². The number of carbonyl (C=O) groups is 3. The second kappa shape index (κ2) is 8.60. The van der Waals surface area contributed by atoms with Gasteiger partial charge < -0.3 is 9.47 Å². The number of thiazole rings is 1. The van der Waals surface area contributed by atoms with Gasteiger partial charge in [-0.3, -0.25) is 14.5 Å². The fourth-order valence-corrected chi connectivity index (χ4v) is 3.77. The van der Waals surface area contributed by atoms with Gasteiger partial charge in [0.1, 0.15) is 5.01 Å². The van der Waals surface area contributed by atoms with Crippen molar-refractivity contribution in [2.24, 2.45) is 5.92 Å². The van der Waals surface area contributed by atoms with Gasteiger partial charge in [0.05, 0.1) is 26.0 Å². The van der Waals surface area contributed by atoms with Crippen molar-refractivity contribution in [1.82, 2.24) is 14.8 Å². The Labute approximate surface area is 173 Å². The van der Waals surface area contributed by atoms with Crippen molar-refractivity contribution in [3.05, 3.63) is 29.3 Å². The number of aromatic nitrogens is 1. The molecule has 0 N–H and O–H groups in total. The number of methoxy groups -OCH3 is 1. The first-order valence-corrected chi connectivity index (χ1v) is 10.2. The molecule has 0 aliphatic carbocycles. The van der Waals surface area contributed by atoms with Crippen LogP contribution >= 0.6 is 11.3 Å². The topological polar surface area (TPSA) is 89.0 Å². The molecule has 3 rings (SSSR count). The standard InChI is InChI=1S/C20H23N3O5S/c1-5-28-15-7-6-13(8-16(15)27-4)17-21-14(11-29-17)10-23-19(25)18(24)22(20(23)26)9-12(2)3/h6-8,11-12H,5,9-10H2,1-4H3. The largest absolute Gasteiger partial charge is 0.493 e. The summed E-state index contributed by atoms with van der Waals surface area (Å²) in [6.45, 7) is 6.36. The molecule has 0 bridgehead atoms. The number of rotatable bonds is 8. The maximum atomic E-state index is 12.5. The van der Waals surface area contributed by atoms with Gasteiger partial charge in [-0.05, 0) is 31.0 Å². The Morgan fingerprint density at radius 1 is 1.10 bits per heavy atom. The van der Waals surface area contributed by atoms with Crippen LogP contribution in [0, 0.1) is 5.92 Å². The van der Waals surface area contributed by atoms with Crippen LogP contribution in [0.4, 0.5) is 4.79 Å². The zero-order valence-corrected chi connectivity index (χ0v) is 17.6. The molecule has 0 atom stereocenters. The van der Waals surface area contributed by atoms with E-state index >= 15 is 0 Å². The summed E-state index contributed by atoms with van der Waals surface area (Å²) < 4.78 is 10.9. The quantitative estimate of drug-likeness (QED) is 0.484. The predicted molar refractivity (Wildman–Crippen MR) is 108 cm³/mol. The van der Waals surface area contributed by atoms with Gasteiger partial charge in [0.2, 0.25) is 0 Å². The molecule has 1 saturated heterocycles. The maximum Gasteiger partial charge on any atom is 0.334 e. The van der Waals surface area contributed by atoms with Crippen LogP contribution in [-0.2, 0) is 16.1 Å². The SMILES string of the molecule is CCOc1ccc(-c2nc(CN3C(=O)C(=O)N(CC(C)C)C3=O)cs2)cc1OC. The molecular formula is C20H23N3O5S. The third-order valence-corrected chi connectivity index (χ3v) is 5.21. The number of hydrogen-bond acceptors (Lipinski definition) is 7. The molecule has 1 fully saturated rings. The maximum absolute atomic E-state index is 12.5. The summed E-state index contributed by atoms with van der Waals surface area (Å²) in [4.78, 5) is 43.3. The van der Waals surface area contributed by atoms with E-state index in [2.05, 4.69) is 4.98 Å². The highest BCUT2D eigenvalue weighted by molar-refractivity contribution is 7.13. The first-order valence-electron chi connectivity index (χ1n) is 9.28. The number of imide groups is 2. The molecule has 1 aromatic carbocycles. The number of benzene rings is 1. The molecule has 9 heteroatoms. The lowest BCUT2D eigenvalue weighted by molar-refractivity contribution is -0.143. The Hall–Kier alpha value is -2.94. The lowest BCUT2D eigenvalue weighted by Crippen LogP contribution is -2.35. The van der Waals surface area contributed by atoms with E-state index in [1.54, 1.807) is 12.5 Å². The Morgan fingerprint density at radius 3 is 2.48 bits per heavy atom. The minimum atomic E-state index is -0.812. The summed E-state index contributed by atoms with van der Waals surface area (Å²) in [7, 11) is 1.57. The van der Waals surface area contributed by atoms with Gasteiger partial charge >= 0.3 is 17.8 Å². The highest BCUT2D eigenvalue weighted by atomic mass is 32.1. The normalized spacial score (nSPS) is 14.3. The zero-order valence-electron chi connectivity index (χ0n) is 16.8. The Bertz CT molecular complexity index is 940. The van der Waals surface area contributed by atoms with Crippen molar-refractivity contribution < 1.29 is 23.9 Å². The second-order valence-electron chi connectivity index (χ2n) is 6.93. The molecule has 2 heterocycles. The third-order valence-electron chi connectivity index (χ3n) is 4.27. The van der Waals surface area contributed by atoms with Crippen molar-refractivity contribution in [2.45, 2.75) is 27.3 Å². The minimum absolute atomic E-state index is 0.0390. The molecule has 2 aromatic rings. The van der Waals surface area contributed by atoms with E-state index in [1.165, 1.54) is 11.3 Å². The average Bonchev–Trinajstić information content (AvgIpc) is 3.24. The van der Waals surface area contributed by atoms with Crippen LogP contribution in [-0.4, -0.2) is 52.9 Å². The summed E-state index contributed by atoms with van der Waals surface area (Å²) in [5, 5.41) is 2.49. The van der Waals surface area contributed by atoms with Crippen LogP contribution in [0.25, 0.3) is 10.6 Å². The smallest absolute Gasteiger partial charge is 0.334 e. The van der Waals surface area contributed by atoms with Crippen molar-refractivity contribution >= 4 is 29.2 Å². The zero-order chi connectivity index (χ0) is 21.1. The van der Waals surface area contributed by atoms with E-state index < -0.39 is 17.8 Å². The van der Waals surface area contributed by atoms with Gasteiger partial charge in [0.25, 0.3) is 0 Å². The average molecular weight is 417 g/mol. The van der Waals surface area contributed by atoms with Gasteiger partial charge in [0.15, 0.2) is 11.5 Å². The lowest BCUT2D eigenvalue weighted by atomic mass is 10.2. The van der Waals surface area contributed by atoms with E-state index in [0.29, 0.717) is 28.8 Å². The Balaban J connectivity index is 1.78. The lowest BCUT2D eigenvalue weighted by Gasteiger charge is -2.16. The number of urea groups is 1. The number of nitrogens with zero attached hydrogens (tertiary/aromatic N) is 3. The summed E-state index contributed by atoms with van der Waals surface area (Å²) in [6, 6.07) is 4.92. The summed E-state index contributed by atoms with van der Waals surface area (Å²) in [5.74, 6) is -0.270. The van der Waals surface area contributed by atoms with E-state index in [-0.39, 0.29) is 19.0 Å². The first-order chi connectivity index (χ1) is 13.8. The molecule has 8 nitrogen and oxygen atoms in total. The minimum Gasteiger partial charge on any atom is -0.493 e. The van der Waals surface area contributed by atoms with E-state index in [4.69, 9.17) is 9.47 Å². The molecule has 29 heavy (non-hydrogen) atoms. The highest BCUT2D eigenvalue weighted by Gasteiger charge is 2.44. The molecule has 4 amide bonds. The number of amides is 4. The van der Waals surface area contributed by atoms with Crippen molar-refractivity contribution in [2.75, 3.05) is 20.3 Å². The summed E-state index contributed by atoms with van der Waals surface area (Å²) >= 11 is 1.38. The molecular weight excluding hydrogens is 394 g/mol. The fraction of sp³-hybridized carbons (Fsp3) is 0.400. The van der Waals surface area contributed by atoms with Crippen LogP contribution in [0.2, 0.25) is 0 Å². The van der Waals surface area contributed by atoms with Gasteiger partial charge in [0, 0.05) is 17.5 Å². The molecule has 1 aliphatic heterocycles. The van der Waals surface area contributed by atoms with Crippen LogP contribution in [0.3, 0.4) is 0 Å². The molecule has 1 aromatic heterocycles. The van der Waals surface area contributed by atoms with Gasteiger partial charge in [-0.1, -0.05) is 13.8 Å². The van der Waals surface area contributed by atoms with Gasteiger partial charge in [-0.2, -0.15) is 0 Å². The third kappa shape index (κ3) is 4.24. The van der Waals surface area contributed by atoms with Crippen molar-refractivity contribution in [1.29, 1.82) is 0 Å². The first kappa shape index (κ1) is 20.8. The van der Waals surface area contributed by atoms with E-state index in [1.807, 2.05) is 39.0 Å². The molecule has 0 radical (unpaired) electrons. The van der Waals surface area contributed by atoms with Crippen molar-refractivity contribution in [3.63, 3.8) is 0 Å². The van der Waals surface area contributed by atoms with Gasteiger partial charge in [-0.15, -0.1) is 11.3 Å². The summed E-state index contributed by atoms with van der Waals surface area (Å²) in [5.41, 5.74) is 1.37. The highest BCUT2D eigenvalue weighted by Crippen LogP contribution is 2.34. The van der Waals surface area contributed by atoms with E-state index in [9.17, 15) is 14.4 Å². The van der Waals surface area contributed by atoms with Crippen LogP contribution in [0.1, 0.15) is 26.5 Å². The molecule has 0 spiro atoms. The Morgan fingerprint density at radius 2 is 1.83 bits per heavy atom. The van der Waals surface area contributed by atoms with Gasteiger partial charge in [-0.25, -0.2) is 14.7 Å². The van der Waals surface area contributed by atoms with E-state index in [0.717, 1.165) is 15.4 Å². The van der Waals surface area contributed by atoms with Crippen LogP contribution in [0.15, 0.2) is 23.6 Å². The number of hydrogen-bond donors (Lipinski definition) is 0. The Kier molecular flexibility index (Phi) is 6.17. The summed E-state index contributed by atoms with van der Waals surface area (Å²) in [6.07, 6.45) is 0. The number of carbonyl (C=O) groups excluding carboxylic acids is 3. The van der Waals surface area contributed by atoms with Crippen LogP contribution < -0.4 is 9.47 Å². The monoisotopic (exact) mass is 417 g/mol. The molecule has 0 saturated carbocycles. The fourth-order valence-electron chi connectivity index (χ4n) is 2.97.